The molecule has 1 atom stereocenters. The third kappa shape index (κ3) is 8.68. The SMILES string of the molecule is Cc1ccc(CN(C(=O)CN(c2cc(C)cc(C)c2)S(C)(=O)=O)C(Cc2ccccc2)C(=O)NC(C)C)cc1. The van der Waals surface area contributed by atoms with Gasteiger partial charge in [-0.15, -0.1) is 0 Å². The van der Waals surface area contributed by atoms with Gasteiger partial charge in [0, 0.05) is 19.0 Å². The highest BCUT2D eigenvalue weighted by molar-refractivity contribution is 7.92. The van der Waals surface area contributed by atoms with Crippen molar-refractivity contribution < 1.29 is 18.0 Å². The number of carbonyl (C=O) groups excluding carboxylic acids is 2. The van der Waals surface area contributed by atoms with E-state index in [2.05, 4.69) is 5.32 Å². The molecule has 0 heterocycles. The van der Waals surface area contributed by atoms with Gasteiger partial charge in [-0.3, -0.25) is 13.9 Å². The Hall–Kier alpha value is -3.65. The molecular weight excluding hydrogens is 510 g/mol. The maximum absolute atomic E-state index is 14.1. The van der Waals surface area contributed by atoms with E-state index in [1.54, 1.807) is 12.1 Å². The number of nitrogens with zero attached hydrogens (tertiary/aromatic N) is 2. The molecule has 208 valence electrons. The first kappa shape index (κ1) is 29.9. The zero-order chi connectivity index (χ0) is 28.7. The Bertz CT molecular complexity index is 1370. The number of aryl methyl sites for hydroxylation is 3. The van der Waals surface area contributed by atoms with Crippen LogP contribution >= 0.6 is 0 Å². The van der Waals surface area contributed by atoms with Crippen LogP contribution in [0.5, 0.6) is 0 Å². The number of hydrogen-bond donors (Lipinski definition) is 1. The van der Waals surface area contributed by atoms with Crippen LogP contribution in [-0.2, 0) is 32.6 Å². The van der Waals surface area contributed by atoms with Crippen LogP contribution in [-0.4, -0.2) is 50.0 Å². The minimum absolute atomic E-state index is 0.130. The Morgan fingerprint density at radius 1 is 0.821 bits per heavy atom. The van der Waals surface area contributed by atoms with Gasteiger partial charge >= 0.3 is 0 Å². The molecule has 0 spiro atoms. The Balaban J connectivity index is 2.06. The third-order valence-corrected chi connectivity index (χ3v) is 7.49. The minimum atomic E-state index is -3.80. The Morgan fingerprint density at radius 2 is 1.41 bits per heavy atom. The lowest BCUT2D eigenvalue weighted by atomic mass is 10.0. The van der Waals surface area contributed by atoms with E-state index in [9.17, 15) is 18.0 Å². The smallest absolute Gasteiger partial charge is 0.244 e. The van der Waals surface area contributed by atoms with Gasteiger partial charge in [-0.25, -0.2) is 8.42 Å². The number of hydrogen-bond acceptors (Lipinski definition) is 4. The average molecular weight is 550 g/mol. The van der Waals surface area contributed by atoms with Crippen LogP contribution in [0.1, 0.15) is 41.7 Å². The van der Waals surface area contributed by atoms with Gasteiger partial charge in [-0.05, 0) is 69.0 Å². The fourth-order valence-corrected chi connectivity index (χ4v) is 5.37. The van der Waals surface area contributed by atoms with Crippen molar-refractivity contribution in [1.82, 2.24) is 10.2 Å². The molecule has 0 bridgehead atoms. The van der Waals surface area contributed by atoms with Crippen molar-refractivity contribution >= 4 is 27.5 Å². The van der Waals surface area contributed by atoms with Crippen LogP contribution in [0, 0.1) is 20.8 Å². The lowest BCUT2D eigenvalue weighted by molar-refractivity contribution is -0.140. The second-order valence-electron chi connectivity index (χ2n) is 10.5. The second kappa shape index (κ2) is 12.9. The maximum atomic E-state index is 14.1. The van der Waals surface area contributed by atoms with E-state index >= 15 is 0 Å². The number of rotatable bonds is 11. The standard InChI is InChI=1S/C31H39N3O4S/c1-22(2)32-31(36)29(19-26-10-8-7-9-11-26)33(20-27-14-12-23(3)13-15-27)30(35)21-34(39(6,37)38)28-17-24(4)16-25(5)18-28/h7-18,22,29H,19-21H2,1-6H3,(H,32,36). The fraction of sp³-hybridized carbons (Fsp3) is 0.355. The molecule has 0 fully saturated rings. The monoisotopic (exact) mass is 549 g/mol. The van der Waals surface area contributed by atoms with Crippen molar-refractivity contribution in [3.8, 4) is 0 Å². The summed E-state index contributed by atoms with van der Waals surface area (Å²) in [6, 6.07) is 21.8. The number of amides is 2. The molecule has 0 aromatic heterocycles. The van der Waals surface area contributed by atoms with Gasteiger partial charge < -0.3 is 10.2 Å². The Kier molecular flexibility index (Phi) is 9.92. The van der Waals surface area contributed by atoms with Crippen molar-refractivity contribution in [1.29, 1.82) is 0 Å². The van der Waals surface area contributed by atoms with Crippen LogP contribution in [0.3, 0.4) is 0 Å². The summed E-state index contributed by atoms with van der Waals surface area (Å²) in [4.78, 5) is 29.1. The molecule has 0 aliphatic heterocycles. The minimum Gasteiger partial charge on any atom is -0.352 e. The average Bonchev–Trinajstić information content (AvgIpc) is 2.84. The van der Waals surface area contributed by atoms with Gasteiger partial charge in [0.2, 0.25) is 21.8 Å². The van der Waals surface area contributed by atoms with Crippen molar-refractivity contribution in [2.24, 2.45) is 0 Å². The predicted octanol–water partition coefficient (Wildman–Crippen LogP) is 4.54. The zero-order valence-corrected chi connectivity index (χ0v) is 24.5. The van der Waals surface area contributed by atoms with Crippen LogP contribution in [0.25, 0.3) is 0 Å². The van der Waals surface area contributed by atoms with Crippen molar-refractivity contribution in [3.63, 3.8) is 0 Å². The summed E-state index contributed by atoms with van der Waals surface area (Å²) in [5.41, 5.74) is 5.03. The van der Waals surface area contributed by atoms with Gasteiger partial charge in [0.05, 0.1) is 11.9 Å². The van der Waals surface area contributed by atoms with Crippen LogP contribution < -0.4 is 9.62 Å². The van der Waals surface area contributed by atoms with E-state index in [0.29, 0.717) is 12.1 Å². The molecule has 0 saturated carbocycles. The molecule has 39 heavy (non-hydrogen) atoms. The summed E-state index contributed by atoms with van der Waals surface area (Å²) < 4.78 is 27.0. The number of benzene rings is 3. The highest BCUT2D eigenvalue weighted by Crippen LogP contribution is 2.23. The van der Waals surface area contributed by atoms with Crippen molar-refractivity contribution in [3.05, 3.63) is 101 Å². The molecular formula is C31H39N3O4S. The Labute approximate surface area is 232 Å². The molecule has 1 N–H and O–H groups in total. The van der Waals surface area contributed by atoms with Gasteiger partial charge in [0.1, 0.15) is 12.6 Å². The summed E-state index contributed by atoms with van der Waals surface area (Å²) in [7, 11) is -3.80. The van der Waals surface area contributed by atoms with Crippen molar-refractivity contribution in [2.75, 3.05) is 17.1 Å². The van der Waals surface area contributed by atoms with Crippen LogP contribution in [0.15, 0.2) is 72.8 Å². The van der Waals surface area contributed by atoms with Gasteiger partial charge in [0.15, 0.2) is 0 Å². The highest BCUT2D eigenvalue weighted by atomic mass is 32.2. The molecule has 0 saturated heterocycles. The van der Waals surface area contributed by atoms with Gasteiger partial charge in [-0.1, -0.05) is 66.2 Å². The molecule has 0 radical (unpaired) electrons. The number of sulfonamides is 1. The maximum Gasteiger partial charge on any atom is 0.244 e. The van der Waals surface area contributed by atoms with E-state index in [1.165, 1.54) is 4.90 Å². The largest absolute Gasteiger partial charge is 0.352 e. The molecule has 7 nitrogen and oxygen atoms in total. The number of nitrogens with one attached hydrogen (secondary N) is 1. The van der Waals surface area contributed by atoms with Crippen LogP contribution in [0.4, 0.5) is 5.69 Å². The topological polar surface area (TPSA) is 86.8 Å². The second-order valence-corrected chi connectivity index (χ2v) is 12.4. The van der Waals surface area contributed by atoms with Crippen LogP contribution in [0.2, 0.25) is 0 Å². The van der Waals surface area contributed by atoms with E-state index in [1.807, 2.05) is 95.3 Å². The molecule has 3 aromatic rings. The molecule has 1 unspecified atom stereocenters. The predicted molar refractivity (Wildman–Crippen MR) is 157 cm³/mol. The van der Waals surface area contributed by atoms with Crippen molar-refractivity contribution in [2.45, 2.75) is 59.7 Å². The molecule has 3 rings (SSSR count). The van der Waals surface area contributed by atoms with E-state index in [0.717, 1.165) is 38.4 Å². The molecule has 3 aromatic carbocycles. The summed E-state index contributed by atoms with van der Waals surface area (Å²) in [5, 5.41) is 2.96. The first-order chi connectivity index (χ1) is 18.3. The molecule has 8 heteroatoms. The lowest BCUT2D eigenvalue weighted by Crippen LogP contribution is -2.54. The van der Waals surface area contributed by atoms with E-state index < -0.39 is 28.5 Å². The molecule has 0 aliphatic rings. The molecule has 0 aliphatic carbocycles. The van der Waals surface area contributed by atoms with Gasteiger partial charge in [0.25, 0.3) is 0 Å². The number of anilines is 1. The first-order valence-electron chi connectivity index (χ1n) is 13.1. The summed E-state index contributed by atoms with van der Waals surface area (Å²) in [6.45, 7) is 9.22. The lowest BCUT2D eigenvalue weighted by Gasteiger charge is -2.34. The fourth-order valence-electron chi connectivity index (χ4n) is 4.53. The summed E-state index contributed by atoms with van der Waals surface area (Å²) in [5.74, 6) is -0.744. The summed E-state index contributed by atoms with van der Waals surface area (Å²) in [6.07, 6.45) is 1.38. The Morgan fingerprint density at radius 3 is 1.95 bits per heavy atom. The van der Waals surface area contributed by atoms with E-state index in [4.69, 9.17) is 0 Å². The van der Waals surface area contributed by atoms with E-state index in [-0.39, 0.29) is 18.5 Å². The zero-order valence-electron chi connectivity index (χ0n) is 23.6. The molecule has 2 amide bonds. The third-order valence-electron chi connectivity index (χ3n) is 6.35. The van der Waals surface area contributed by atoms with Gasteiger partial charge in [-0.2, -0.15) is 0 Å². The quantitative estimate of drug-likeness (QED) is 0.380. The first-order valence-corrected chi connectivity index (χ1v) is 14.9. The highest BCUT2D eigenvalue weighted by Gasteiger charge is 2.33. The summed E-state index contributed by atoms with van der Waals surface area (Å²) >= 11 is 0. The number of carbonyl (C=O) groups is 2. The normalized spacial score (nSPS) is 12.2.